The predicted octanol–water partition coefficient (Wildman–Crippen LogP) is 1.45. The summed E-state index contributed by atoms with van der Waals surface area (Å²) in [5.41, 5.74) is 0.503. The molecule has 1 aromatic rings. The summed E-state index contributed by atoms with van der Waals surface area (Å²) in [5, 5.41) is 5.81. The zero-order chi connectivity index (χ0) is 15.2. The lowest BCUT2D eigenvalue weighted by atomic mass is 10.1. The Labute approximate surface area is 121 Å². The number of hydrogen-bond acceptors (Lipinski definition) is 4. The fourth-order valence-electron chi connectivity index (χ4n) is 2.17. The van der Waals surface area contributed by atoms with Gasteiger partial charge in [-0.3, -0.25) is 4.79 Å². The lowest BCUT2D eigenvalue weighted by Crippen LogP contribution is -2.51. The van der Waals surface area contributed by atoms with Gasteiger partial charge < -0.3 is 20.1 Å². The number of carbonyl (C=O) groups is 1. The molecule has 2 unspecified atom stereocenters. The van der Waals surface area contributed by atoms with Crippen LogP contribution in [0.15, 0.2) is 24.3 Å². The minimum absolute atomic E-state index is 0.0631. The highest BCUT2D eigenvalue weighted by Gasteiger charge is 2.24. The highest BCUT2D eigenvalue weighted by atomic mass is 19.3. The average Bonchev–Trinajstić information content (AvgIpc) is 2.48. The summed E-state index contributed by atoms with van der Waals surface area (Å²) in [6.45, 7) is 0.299. The third-order valence-corrected chi connectivity index (χ3v) is 3.20. The second kappa shape index (κ2) is 7.33. The largest absolute Gasteiger partial charge is 0.434 e. The van der Waals surface area contributed by atoms with Crippen molar-refractivity contribution in [2.75, 3.05) is 19.8 Å². The molecule has 0 aromatic heterocycles. The van der Waals surface area contributed by atoms with Crippen LogP contribution in [0.1, 0.15) is 18.5 Å². The maximum atomic E-state index is 12.4. The quantitative estimate of drug-likeness (QED) is 0.864. The molecule has 1 aliphatic rings. The highest BCUT2D eigenvalue weighted by molar-refractivity contribution is 5.82. The number of morpholine rings is 1. The van der Waals surface area contributed by atoms with Crippen molar-refractivity contribution in [3.63, 3.8) is 0 Å². The van der Waals surface area contributed by atoms with Gasteiger partial charge in [-0.1, -0.05) is 18.2 Å². The Balaban J connectivity index is 2.02. The van der Waals surface area contributed by atoms with Crippen LogP contribution in [0.25, 0.3) is 0 Å². The molecule has 1 aromatic carbocycles. The lowest BCUT2D eigenvalue weighted by molar-refractivity contribution is -0.126. The number of hydrogen-bond donors (Lipinski definition) is 2. The molecular weight excluding hydrogens is 282 g/mol. The molecule has 21 heavy (non-hydrogen) atoms. The van der Waals surface area contributed by atoms with Crippen LogP contribution in [0.5, 0.6) is 5.75 Å². The molecule has 7 heteroatoms. The summed E-state index contributed by atoms with van der Waals surface area (Å²) in [6.07, 6.45) is 0. The van der Waals surface area contributed by atoms with Crippen molar-refractivity contribution in [2.45, 2.75) is 25.6 Å². The van der Waals surface area contributed by atoms with E-state index >= 15 is 0 Å². The van der Waals surface area contributed by atoms with E-state index in [-0.39, 0.29) is 11.7 Å². The molecule has 0 spiro atoms. The van der Waals surface area contributed by atoms with E-state index in [0.717, 1.165) is 0 Å². The van der Waals surface area contributed by atoms with Crippen LogP contribution in [-0.2, 0) is 9.53 Å². The molecule has 116 valence electrons. The van der Waals surface area contributed by atoms with Crippen molar-refractivity contribution in [2.24, 2.45) is 0 Å². The standard InChI is InChI=1S/C14H18F2N2O3/c1-9(18-13(19)11-8-20-7-6-17-11)10-4-2-3-5-12(10)21-14(15)16/h2-5,9,11,14,17H,6-8H2,1H3,(H,18,19). The van der Waals surface area contributed by atoms with Gasteiger partial charge in [0.25, 0.3) is 0 Å². The van der Waals surface area contributed by atoms with Crippen LogP contribution in [0, 0.1) is 0 Å². The molecule has 2 rings (SSSR count). The van der Waals surface area contributed by atoms with Gasteiger partial charge in [0.05, 0.1) is 19.3 Å². The molecule has 1 heterocycles. The maximum Gasteiger partial charge on any atom is 0.387 e. The van der Waals surface area contributed by atoms with Gasteiger partial charge in [-0.25, -0.2) is 0 Å². The first-order chi connectivity index (χ1) is 10.1. The molecule has 0 aliphatic carbocycles. The molecule has 1 saturated heterocycles. The topological polar surface area (TPSA) is 59.6 Å². The van der Waals surface area contributed by atoms with Crippen LogP contribution in [0.2, 0.25) is 0 Å². The third-order valence-electron chi connectivity index (χ3n) is 3.20. The number of para-hydroxylation sites is 1. The van der Waals surface area contributed by atoms with Crippen molar-refractivity contribution in [3.05, 3.63) is 29.8 Å². The number of carbonyl (C=O) groups excluding carboxylic acids is 1. The second-order valence-corrected chi connectivity index (χ2v) is 4.73. The zero-order valence-electron chi connectivity index (χ0n) is 11.6. The minimum atomic E-state index is -2.90. The Morgan fingerprint density at radius 2 is 2.24 bits per heavy atom. The van der Waals surface area contributed by atoms with Crippen molar-refractivity contribution < 1.29 is 23.0 Å². The first-order valence-electron chi connectivity index (χ1n) is 6.73. The summed E-state index contributed by atoms with van der Waals surface area (Å²) >= 11 is 0. The Bertz CT molecular complexity index is 479. The summed E-state index contributed by atoms with van der Waals surface area (Å²) in [7, 11) is 0. The first kappa shape index (κ1) is 15.7. The molecule has 0 bridgehead atoms. The number of halogens is 2. The number of rotatable bonds is 5. The molecule has 2 atom stereocenters. The monoisotopic (exact) mass is 300 g/mol. The van der Waals surface area contributed by atoms with Crippen molar-refractivity contribution in [1.29, 1.82) is 0 Å². The number of nitrogens with one attached hydrogen (secondary N) is 2. The van der Waals surface area contributed by atoms with Gasteiger partial charge in [-0.2, -0.15) is 8.78 Å². The molecular formula is C14H18F2N2O3. The fourth-order valence-corrected chi connectivity index (χ4v) is 2.17. The van der Waals surface area contributed by atoms with Gasteiger partial charge in [0.15, 0.2) is 0 Å². The van der Waals surface area contributed by atoms with Crippen LogP contribution >= 0.6 is 0 Å². The number of ether oxygens (including phenoxy) is 2. The highest BCUT2D eigenvalue weighted by Crippen LogP contribution is 2.26. The van der Waals surface area contributed by atoms with E-state index in [1.807, 2.05) is 0 Å². The Morgan fingerprint density at radius 3 is 2.90 bits per heavy atom. The van der Waals surface area contributed by atoms with Gasteiger partial charge in [-0.05, 0) is 13.0 Å². The molecule has 2 N–H and O–H groups in total. The first-order valence-corrected chi connectivity index (χ1v) is 6.73. The van der Waals surface area contributed by atoms with E-state index in [2.05, 4.69) is 15.4 Å². The summed E-state index contributed by atoms with van der Waals surface area (Å²) in [4.78, 5) is 12.1. The number of amides is 1. The molecule has 1 aliphatic heterocycles. The summed E-state index contributed by atoms with van der Waals surface area (Å²) in [6, 6.07) is 5.53. The van der Waals surface area contributed by atoms with Crippen molar-refractivity contribution >= 4 is 5.91 Å². The van der Waals surface area contributed by atoms with Crippen molar-refractivity contribution in [3.8, 4) is 5.75 Å². The van der Waals surface area contributed by atoms with E-state index < -0.39 is 18.7 Å². The van der Waals surface area contributed by atoms with E-state index in [4.69, 9.17) is 4.74 Å². The van der Waals surface area contributed by atoms with Crippen molar-refractivity contribution in [1.82, 2.24) is 10.6 Å². The molecule has 0 radical (unpaired) electrons. The molecule has 1 fully saturated rings. The van der Waals surface area contributed by atoms with Gasteiger partial charge in [0.2, 0.25) is 5.91 Å². The zero-order valence-corrected chi connectivity index (χ0v) is 11.6. The van der Waals surface area contributed by atoms with Crippen LogP contribution in [-0.4, -0.2) is 38.3 Å². The second-order valence-electron chi connectivity index (χ2n) is 4.73. The minimum Gasteiger partial charge on any atom is -0.434 e. The number of benzene rings is 1. The smallest absolute Gasteiger partial charge is 0.387 e. The van der Waals surface area contributed by atoms with Gasteiger partial charge in [-0.15, -0.1) is 0 Å². The maximum absolute atomic E-state index is 12.4. The molecule has 1 amide bonds. The summed E-state index contributed by atoms with van der Waals surface area (Å²) in [5.74, 6) is -0.165. The molecule has 0 saturated carbocycles. The Morgan fingerprint density at radius 1 is 1.48 bits per heavy atom. The van der Waals surface area contributed by atoms with E-state index in [0.29, 0.717) is 25.3 Å². The van der Waals surface area contributed by atoms with Crippen LogP contribution < -0.4 is 15.4 Å². The molecule has 5 nitrogen and oxygen atoms in total. The van der Waals surface area contributed by atoms with Gasteiger partial charge >= 0.3 is 6.61 Å². The van der Waals surface area contributed by atoms with E-state index in [1.54, 1.807) is 25.1 Å². The summed E-state index contributed by atoms with van der Waals surface area (Å²) < 4.78 is 34.5. The third kappa shape index (κ3) is 4.37. The van der Waals surface area contributed by atoms with Gasteiger partial charge in [0.1, 0.15) is 11.8 Å². The SMILES string of the molecule is CC(NC(=O)C1COCCN1)c1ccccc1OC(F)F. The Kier molecular flexibility index (Phi) is 5.46. The van der Waals surface area contributed by atoms with Gasteiger partial charge in [0, 0.05) is 12.1 Å². The van der Waals surface area contributed by atoms with E-state index in [1.165, 1.54) is 6.07 Å². The normalized spacial score (nSPS) is 20.1. The number of alkyl halides is 2. The predicted molar refractivity (Wildman–Crippen MR) is 72.2 cm³/mol. The Hall–Kier alpha value is -1.73. The lowest BCUT2D eigenvalue weighted by Gasteiger charge is -2.25. The van der Waals surface area contributed by atoms with Crippen LogP contribution in [0.3, 0.4) is 0 Å². The average molecular weight is 300 g/mol. The van der Waals surface area contributed by atoms with Crippen LogP contribution in [0.4, 0.5) is 8.78 Å². The van der Waals surface area contributed by atoms with E-state index in [9.17, 15) is 13.6 Å². The fraction of sp³-hybridized carbons (Fsp3) is 0.500.